The summed E-state index contributed by atoms with van der Waals surface area (Å²) in [6.45, 7) is 6.06. The lowest BCUT2D eigenvalue weighted by atomic mass is 10.0. The van der Waals surface area contributed by atoms with Gasteiger partial charge in [0, 0.05) is 24.7 Å². The van der Waals surface area contributed by atoms with E-state index >= 15 is 0 Å². The van der Waals surface area contributed by atoms with Gasteiger partial charge < -0.3 is 14.4 Å². The molecule has 1 aromatic carbocycles. The fraction of sp³-hybridized carbons (Fsp3) is 0.500. The lowest BCUT2D eigenvalue weighted by Crippen LogP contribution is -2.48. The first-order valence-corrected chi connectivity index (χ1v) is 6.51. The van der Waals surface area contributed by atoms with Crippen molar-refractivity contribution in [3.8, 4) is 11.8 Å². The van der Waals surface area contributed by atoms with Crippen molar-refractivity contribution >= 4 is 17.3 Å². The normalized spacial score (nSPS) is 16.5. The fourth-order valence-electron chi connectivity index (χ4n) is 2.32. The highest BCUT2D eigenvalue weighted by Crippen LogP contribution is 2.41. The number of benzene rings is 1. The highest BCUT2D eigenvalue weighted by atomic mass is 35.5. The average molecular weight is 281 g/mol. The molecule has 4 nitrogen and oxygen atoms in total. The first kappa shape index (κ1) is 14.0. The Morgan fingerprint density at radius 3 is 2.89 bits per heavy atom. The maximum Gasteiger partial charge on any atom is 0.146 e. The summed E-state index contributed by atoms with van der Waals surface area (Å²) in [7, 11) is 1.67. The van der Waals surface area contributed by atoms with Crippen molar-refractivity contribution in [3.05, 3.63) is 22.7 Å². The largest absolute Gasteiger partial charge is 0.484 e. The number of anilines is 1. The van der Waals surface area contributed by atoms with Gasteiger partial charge in [-0.15, -0.1) is 0 Å². The molecule has 0 aliphatic carbocycles. The van der Waals surface area contributed by atoms with Gasteiger partial charge in [-0.25, -0.2) is 0 Å². The lowest BCUT2D eigenvalue weighted by molar-refractivity contribution is 0.101. The molecule has 0 unspecified atom stereocenters. The summed E-state index contributed by atoms with van der Waals surface area (Å²) in [5.74, 6) is 0.663. The Labute approximate surface area is 118 Å². The molecular formula is C14H17ClN2O2. The third kappa shape index (κ3) is 2.94. The van der Waals surface area contributed by atoms with E-state index in [0.29, 0.717) is 36.0 Å². The van der Waals surface area contributed by atoms with Gasteiger partial charge in [-0.05, 0) is 19.9 Å². The SMILES string of the molecule is COCCN1CC(C)(C)Oc2cc(Cl)cc(C#N)c21. The Morgan fingerprint density at radius 2 is 2.26 bits per heavy atom. The second kappa shape index (κ2) is 5.28. The molecule has 0 bridgehead atoms. The predicted octanol–water partition coefficient (Wildman–Crippen LogP) is 2.84. The van der Waals surface area contributed by atoms with Crippen LogP contribution in [0.15, 0.2) is 12.1 Å². The van der Waals surface area contributed by atoms with Gasteiger partial charge in [-0.2, -0.15) is 5.26 Å². The molecule has 102 valence electrons. The van der Waals surface area contributed by atoms with Crippen molar-refractivity contribution in [1.29, 1.82) is 5.26 Å². The van der Waals surface area contributed by atoms with Crippen molar-refractivity contribution in [1.82, 2.24) is 0 Å². The summed E-state index contributed by atoms with van der Waals surface area (Å²) in [5, 5.41) is 9.78. The van der Waals surface area contributed by atoms with Crippen LogP contribution in [0, 0.1) is 11.3 Å². The summed E-state index contributed by atoms with van der Waals surface area (Å²) in [6.07, 6.45) is 0. The van der Waals surface area contributed by atoms with Crippen LogP contribution in [0.4, 0.5) is 5.69 Å². The molecule has 0 atom stereocenters. The number of rotatable bonds is 3. The van der Waals surface area contributed by atoms with Gasteiger partial charge in [0.15, 0.2) is 0 Å². The quantitative estimate of drug-likeness (QED) is 0.854. The number of fused-ring (bicyclic) bond motifs is 1. The van der Waals surface area contributed by atoms with E-state index in [1.165, 1.54) is 0 Å². The standard InChI is InChI=1S/C14H17ClN2O2/c1-14(2)9-17(4-5-18-3)13-10(8-16)6-11(15)7-12(13)19-14/h6-7H,4-5,9H2,1-3H3. The number of ether oxygens (including phenoxy) is 2. The minimum absolute atomic E-state index is 0.321. The zero-order valence-electron chi connectivity index (χ0n) is 11.4. The zero-order valence-corrected chi connectivity index (χ0v) is 12.1. The highest BCUT2D eigenvalue weighted by molar-refractivity contribution is 6.31. The van der Waals surface area contributed by atoms with E-state index in [4.69, 9.17) is 21.1 Å². The maximum atomic E-state index is 9.27. The first-order valence-electron chi connectivity index (χ1n) is 6.13. The molecule has 0 fully saturated rings. The average Bonchev–Trinajstić information content (AvgIpc) is 2.32. The van der Waals surface area contributed by atoms with Crippen molar-refractivity contribution in [2.45, 2.75) is 19.4 Å². The minimum Gasteiger partial charge on any atom is -0.484 e. The summed E-state index contributed by atoms with van der Waals surface area (Å²) in [6, 6.07) is 5.61. The Kier molecular flexibility index (Phi) is 3.88. The molecule has 0 amide bonds. The second-order valence-corrected chi connectivity index (χ2v) is 5.62. The third-order valence-corrected chi connectivity index (χ3v) is 3.22. The van der Waals surface area contributed by atoms with Crippen molar-refractivity contribution in [2.75, 3.05) is 31.7 Å². The predicted molar refractivity (Wildman–Crippen MR) is 75.0 cm³/mol. The summed E-state index contributed by atoms with van der Waals surface area (Å²) in [5.41, 5.74) is 1.02. The van der Waals surface area contributed by atoms with E-state index in [1.807, 2.05) is 13.8 Å². The highest BCUT2D eigenvalue weighted by Gasteiger charge is 2.33. The second-order valence-electron chi connectivity index (χ2n) is 5.19. The molecule has 0 aromatic heterocycles. The van der Waals surface area contributed by atoms with Gasteiger partial charge >= 0.3 is 0 Å². The van der Waals surface area contributed by atoms with Crippen LogP contribution in [0.25, 0.3) is 0 Å². The summed E-state index contributed by atoms with van der Waals surface area (Å²) < 4.78 is 11.1. The van der Waals surface area contributed by atoms with Crippen LogP contribution >= 0.6 is 11.6 Å². The number of hydrogen-bond acceptors (Lipinski definition) is 4. The van der Waals surface area contributed by atoms with Gasteiger partial charge in [0.25, 0.3) is 0 Å². The monoisotopic (exact) mass is 280 g/mol. The van der Waals surface area contributed by atoms with Gasteiger partial charge in [-0.3, -0.25) is 0 Å². The van der Waals surface area contributed by atoms with Crippen LogP contribution in [0.3, 0.4) is 0 Å². The molecule has 1 aliphatic rings. The minimum atomic E-state index is -0.321. The van der Waals surface area contributed by atoms with E-state index in [2.05, 4.69) is 11.0 Å². The van der Waals surface area contributed by atoms with E-state index in [0.717, 1.165) is 5.69 Å². The first-order chi connectivity index (χ1) is 8.96. The molecule has 2 rings (SSSR count). The molecule has 0 saturated heterocycles. The molecule has 0 saturated carbocycles. The number of methoxy groups -OCH3 is 1. The number of nitrogens with zero attached hydrogens (tertiary/aromatic N) is 2. The molecule has 1 heterocycles. The zero-order chi connectivity index (χ0) is 14.0. The van der Waals surface area contributed by atoms with Crippen LogP contribution < -0.4 is 9.64 Å². The lowest BCUT2D eigenvalue weighted by Gasteiger charge is -2.41. The van der Waals surface area contributed by atoms with Crippen molar-refractivity contribution in [3.63, 3.8) is 0 Å². The maximum absolute atomic E-state index is 9.27. The topological polar surface area (TPSA) is 45.5 Å². The number of halogens is 1. The smallest absolute Gasteiger partial charge is 0.146 e. The summed E-state index contributed by atoms with van der Waals surface area (Å²) >= 11 is 6.03. The third-order valence-electron chi connectivity index (χ3n) is 3.00. The molecule has 0 spiro atoms. The van der Waals surface area contributed by atoms with E-state index in [1.54, 1.807) is 19.2 Å². The molecule has 0 radical (unpaired) electrons. The Morgan fingerprint density at radius 1 is 1.53 bits per heavy atom. The number of nitriles is 1. The summed E-state index contributed by atoms with van der Waals surface area (Å²) in [4.78, 5) is 2.12. The van der Waals surface area contributed by atoms with Crippen LogP contribution in [0.2, 0.25) is 5.02 Å². The molecule has 19 heavy (non-hydrogen) atoms. The Balaban J connectivity index is 2.48. The molecule has 5 heteroatoms. The van der Waals surface area contributed by atoms with Gasteiger partial charge in [0.05, 0.1) is 24.4 Å². The van der Waals surface area contributed by atoms with E-state index in [-0.39, 0.29) is 5.60 Å². The molecule has 1 aromatic rings. The Bertz CT molecular complexity index is 523. The molecule has 0 N–H and O–H groups in total. The Hall–Kier alpha value is -1.44. The number of hydrogen-bond donors (Lipinski definition) is 0. The van der Waals surface area contributed by atoms with E-state index < -0.39 is 0 Å². The fourth-order valence-corrected chi connectivity index (χ4v) is 2.53. The van der Waals surface area contributed by atoms with Crippen LogP contribution in [0.5, 0.6) is 5.75 Å². The van der Waals surface area contributed by atoms with Gasteiger partial charge in [-0.1, -0.05) is 11.6 Å². The molecule has 1 aliphatic heterocycles. The van der Waals surface area contributed by atoms with Gasteiger partial charge in [0.1, 0.15) is 17.4 Å². The van der Waals surface area contributed by atoms with Crippen molar-refractivity contribution < 1.29 is 9.47 Å². The van der Waals surface area contributed by atoms with Crippen LogP contribution in [-0.4, -0.2) is 32.4 Å². The van der Waals surface area contributed by atoms with E-state index in [9.17, 15) is 5.26 Å². The van der Waals surface area contributed by atoms with Crippen LogP contribution in [0.1, 0.15) is 19.4 Å². The molecular weight excluding hydrogens is 264 g/mol. The van der Waals surface area contributed by atoms with Crippen LogP contribution in [-0.2, 0) is 4.74 Å². The van der Waals surface area contributed by atoms with Gasteiger partial charge in [0.2, 0.25) is 0 Å². The van der Waals surface area contributed by atoms with Crippen molar-refractivity contribution in [2.24, 2.45) is 0 Å².